The number of ether oxygens (including phenoxy) is 4. The predicted molar refractivity (Wildman–Crippen MR) is 159 cm³/mol. The van der Waals surface area contributed by atoms with Gasteiger partial charge in [0, 0.05) is 0 Å². The fourth-order valence-corrected chi connectivity index (χ4v) is 4.00. The van der Waals surface area contributed by atoms with E-state index in [-0.39, 0.29) is 26.4 Å². The van der Waals surface area contributed by atoms with Crippen LogP contribution in [-0.4, -0.2) is 38.6 Å². The summed E-state index contributed by atoms with van der Waals surface area (Å²) in [6, 6.07) is 31.2. The Bertz CT molecular complexity index is 1430. The molecule has 0 saturated carbocycles. The largest absolute Gasteiger partial charge is 0.490 e. The molecule has 0 aromatic heterocycles. The van der Waals surface area contributed by atoms with Gasteiger partial charge in [0.2, 0.25) is 0 Å². The van der Waals surface area contributed by atoms with Crippen LogP contribution in [0.4, 0.5) is 21.0 Å². The van der Waals surface area contributed by atoms with Crippen LogP contribution in [0.25, 0.3) is 0 Å². The van der Waals surface area contributed by atoms with Crippen molar-refractivity contribution in [1.82, 2.24) is 0 Å². The van der Waals surface area contributed by atoms with E-state index in [0.717, 1.165) is 21.7 Å². The second kappa shape index (κ2) is 14.4. The molecule has 4 rings (SSSR count). The molecule has 4 aromatic rings. The Morgan fingerprint density at radius 2 is 1.17 bits per heavy atom. The van der Waals surface area contributed by atoms with E-state index < -0.39 is 12.2 Å². The van der Waals surface area contributed by atoms with Crippen LogP contribution >= 0.6 is 0 Å². The second-order valence-electron chi connectivity index (χ2n) is 9.30. The summed E-state index contributed by atoms with van der Waals surface area (Å²) in [6.07, 6.45) is -1.52. The average molecular weight is 555 g/mol. The van der Waals surface area contributed by atoms with Crippen LogP contribution < -0.4 is 19.5 Å². The maximum absolute atomic E-state index is 13.6. The summed E-state index contributed by atoms with van der Waals surface area (Å²) in [5, 5.41) is 2.35. The van der Waals surface area contributed by atoms with E-state index in [1.54, 1.807) is 36.4 Å². The first-order chi connectivity index (χ1) is 19.9. The maximum Gasteiger partial charge on any atom is 0.434 e. The zero-order chi connectivity index (χ0) is 29.0. The normalized spacial score (nSPS) is 10.4. The lowest BCUT2D eigenvalue weighted by Gasteiger charge is -2.33. The Morgan fingerprint density at radius 1 is 0.561 bits per heavy atom. The number of para-hydroxylation sites is 2. The van der Waals surface area contributed by atoms with Gasteiger partial charge >= 0.3 is 12.2 Å². The highest BCUT2D eigenvalue weighted by atomic mass is 16.6. The lowest BCUT2D eigenvalue weighted by atomic mass is 10.2. The van der Waals surface area contributed by atoms with Gasteiger partial charge in [-0.1, -0.05) is 66.2 Å². The number of carbonyl (C=O) groups is 2. The van der Waals surface area contributed by atoms with Gasteiger partial charge in [0.1, 0.15) is 37.9 Å². The van der Waals surface area contributed by atoms with Crippen molar-refractivity contribution >= 4 is 23.6 Å². The van der Waals surface area contributed by atoms with Gasteiger partial charge in [-0.2, -0.15) is 10.0 Å². The second-order valence-corrected chi connectivity index (χ2v) is 9.30. The van der Waals surface area contributed by atoms with Gasteiger partial charge in [-0.15, -0.1) is 0 Å². The van der Waals surface area contributed by atoms with Gasteiger partial charge in [-0.05, 0) is 74.4 Å². The molecule has 0 saturated heterocycles. The Labute approximate surface area is 240 Å². The minimum Gasteiger partial charge on any atom is -0.490 e. The Balaban J connectivity index is 1.50. The average Bonchev–Trinajstić information content (AvgIpc) is 2.98. The molecule has 2 amide bonds. The van der Waals surface area contributed by atoms with Gasteiger partial charge in [0.15, 0.2) is 0 Å². The molecule has 0 heterocycles. The van der Waals surface area contributed by atoms with Crippen molar-refractivity contribution in [3.8, 4) is 11.5 Å². The molecule has 4 aromatic carbocycles. The molecule has 0 aliphatic heterocycles. The first kappa shape index (κ1) is 29.0. The molecule has 0 atom stereocenters. The third-order valence-corrected chi connectivity index (χ3v) is 6.06. The fourth-order valence-electron chi connectivity index (χ4n) is 4.00. The molecule has 0 fully saturated rings. The van der Waals surface area contributed by atoms with Crippen LogP contribution in [0.3, 0.4) is 0 Å². The van der Waals surface area contributed by atoms with E-state index in [1.807, 2.05) is 87.5 Å². The van der Waals surface area contributed by atoms with Crippen molar-refractivity contribution < 1.29 is 28.5 Å². The number of hydrogen-bond donors (Lipinski definition) is 0. The summed E-state index contributed by atoms with van der Waals surface area (Å²) in [5.74, 6) is 1.35. The van der Waals surface area contributed by atoms with Crippen LogP contribution in [0.15, 0.2) is 103 Å². The summed E-state index contributed by atoms with van der Waals surface area (Å²) >= 11 is 0. The monoisotopic (exact) mass is 554 g/mol. The van der Waals surface area contributed by atoms with Crippen molar-refractivity contribution in [2.45, 2.75) is 20.8 Å². The quantitative estimate of drug-likeness (QED) is 0.152. The highest BCUT2D eigenvalue weighted by Crippen LogP contribution is 2.27. The molecule has 0 aliphatic carbocycles. The number of nitrogens with zero attached hydrogens (tertiary/aromatic N) is 2. The van der Waals surface area contributed by atoms with Crippen molar-refractivity contribution in [3.63, 3.8) is 0 Å². The highest BCUT2D eigenvalue weighted by molar-refractivity contribution is 6.02. The minimum absolute atomic E-state index is 0.0305. The molecule has 8 nitrogen and oxygen atoms in total. The van der Waals surface area contributed by atoms with Gasteiger partial charge in [0.25, 0.3) is 0 Å². The van der Waals surface area contributed by atoms with Crippen molar-refractivity contribution in [1.29, 1.82) is 0 Å². The standard InChI is InChI=1S/C33H34N2O6/c1-25-16-18-29(19-17-25)38-20-22-40-32(36)34(28-12-5-4-6-13-28)35(31-15-8-7-11-27(31)3)33(37)41-23-21-39-30-14-9-10-26(2)24-30/h4-19,24H,20-23H2,1-3H3. The lowest BCUT2D eigenvalue weighted by Crippen LogP contribution is -2.51. The molecule has 0 aliphatic rings. The van der Waals surface area contributed by atoms with E-state index in [1.165, 1.54) is 5.01 Å². The van der Waals surface area contributed by atoms with Crippen LogP contribution in [-0.2, 0) is 9.47 Å². The highest BCUT2D eigenvalue weighted by Gasteiger charge is 2.32. The van der Waals surface area contributed by atoms with Gasteiger partial charge < -0.3 is 18.9 Å². The van der Waals surface area contributed by atoms with E-state index in [9.17, 15) is 9.59 Å². The fraction of sp³-hybridized carbons (Fsp3) is 0.212. The van der Waals surface area contributed by atoms with Crippen LogP contribution in [0, 0.1) is 20.8 Å². The van der Waals surface area contributed by atoms with Crippen LogP contribution in [0.1, 0.15) is 16.7 Å². The van der Waals surface area contributed by atoms with Crippen LogP contribution in [0.2, 0.25) is 0 Å². The minimum atomic E-state index is -0.764. The molecule has 0 unspecified atom stereocenters. The number of rotatable bonds is 10. The van der Waals surface area contributed by atoms with E-state index in [2.05, 4.69) is 0 Å². The number of benzene rings is 4. The Morgan fingerprint density at radius 3 is 1.83 bits per heavy atom. The molecule has 212 valence electrons. The number of hydrogen-bond acceptors (Lipinski definition) is 6. The molecule has 41 heavy (non-hydrogen) atoms. The molecule has 0 N–H and O–H groups in total. The van der Waals surface area contributed by atoms with Gasteiger partial charge in [-0.3, -0.25) is 0 Å². The first-order valence-electron chi connectivity index (χ1n) is 13.4. The predicted octanol–water partition coefficient (Wildman–Crippen LogP) is 7.27. The molecule has 0 radical (unpaired) electrons. The number of aryl methyl sites for hydroxylation is 3. The third kappa shape index (κ3) is 8.25. The van der Waals surface area contributed by atoms with Crippen molar-refractivity contribution in [3.05, 3.63) is 120 Å². The van der Waals surface area contributed by atoms with Crippen molar-refractivity contribution in [2.75, 3.05) is 36.4 Å². The Kier molecular flexibility index (Phi) is 10.2. The zero-order valence-electron chi connectivity index (χ0n) is 23.5. The number of carbonyl (C=O) groups excluding carboxylic acids is 2. The van der Waals surface area contributed by atoms with E-state index in [0.29, 0.717) is 22.9 Å². The smallest absolute Gasteiger partial charge is 0.434 e. The molecule has 0 bridgehead atoms. The van der Waals surface area contributed by atoms with Gasteiger partial charge in [0.05, 0.1) is 11.4 Å². The maximum atomic E-state index is 13.6. The summed E-state index contributed by atoms with van der Waals surface area (Å²) in [6.45, 7) is 6.03. The summed E-state index contributed by atoms with van der Waals surface area (Å²) in [7, 11) is 0. The third-order valence-electron chi connectivity index (χ3n) is 6.06. The number of amides is 2. The molecular formula is C33H34N2O6. The summed E-state index contributed by atoms with van der Waals surface area (Å²) in [5.41, 5.74) is 3.83. The topological polar surface area (TPSA) is 77.5 Å². The molecule has 0 spiro atoms. The summed E-state index contributed by atoms with van der Waals surface area (Å²) in [4.78, 5) is 27.1. The number of anilines is 2. The van der Waals surface area contributed by atoms with Gasteiger partial charge in [-0.25, -0.2) is 9.59 Å². The lowest BCUT2D eigenvalue weighted by molar-refractivity contribution is 0.120. The summed E-state index contributed by atoms with van der Waals surface area (Å²) < 4.78 is 22.6. The Hall–Kier alpha value is -4.98. The SMILES string of the molecule is Cc1ccc(OCCOC(=O)N(c2ccccc2)N(C(=O)OCCOc2cccc(C)c2)c2ccccc2C)cc1. The van der Waals surface area contributed by atoms with E-state index in [4.69, 9.17) is 18.9 Å². The van der Waals surface area contributed by atoms with E-state index >= 15 is 0 Å². The van der Waals surface area contributed by atoms with Crippen LogP contribution in [0.5, 0.6) is 11.5 Å². The molecular weight excluding hydrogens is 520 g/mol. The number of hydrazine groups is 1. The molecule has 8 heteroatoms. The zero-order valence-corrected chi connectivity index (χ0v) is 23.5. The van der Waals surface area contributed by atoms with Crippen molar-refractivity contribution in [2.24, 2.45) is 0 Å². The first-order valence-corrected chi connectivity index (χ1v) is 13.4.